The van der Waals surface area contributed by atoms with Gasteiger partial charge in [0.15, 0.2) is 17.5 Å². The SMILES string of the molecule is CCc1cc(C(F)(F)F)cc(C(=O)N(CCc2c(F)c(C)c(F)c(F)c2F)Cc2ccc(C(C)(C)C)cc2)c1F. The Labute approximate surface area is 227 Å². The lowest BCUT2D eigenvalue weighted by Crippen LogP contribution is -2.34. The zero-order valence-electron chi connectivity index (χ0n) is 22.7. The van der Waals surface area contributed by atoms with E-state index in [-0.39, 0.29) is 23.9 Å². The van der Waals surface area contributed by atoms with Crippen molar-refractivity contribution < 1.29 is 39.9 Å². The third-order valence-electron chi connectivity index (χ3n) is 6.77. The van der Waals surface area contributed by atoms with Crippen molar-refractivity contribution >= 4 is 5.91 Å². The molecule has 0 saturated carbocycles. The van der Waals surface area contributed by atoms with Crippen molar-refractivity contribution in [3.05, 3.63) is 104 Å². The van der Waals surface area contributed by atoms with Crippen LogP contribution in [0.3, 0.4) is 0 Å². The monoisotopic (exact) mass is 571 g/mol. The second-order valence-corrected chi connectivity index (χ2v) is 10.6. The molecule has 0 aliphatic rings. The first kappa shape index (κ1) is 31.1. The molecular formula is C30H29F8NO. The van der Waals surface area contributed by atoms with Gasteiger partial charge in [-0.3, -0.25) is 4.79 Å². The van der Waals surface area contributed by atoms with E-state index < -0.39 is 76.4 Å². The van der Waals surface area contributed by atoms with Crippen molar-refractivity contribution in [1.29, 1.82) is 0 Å². The Bertz CT molecular complexity index is 1380. The maximum absolute atomic E-state index is 15.2. The molecule has 0 aliphatic carbocycles. The molecular weight excluding hydrogens is 542 g/mol. The number of amides is 1. The fourth-order valence-corrected chi connectivity index (χ4v) is 4.29. The lowest BCUT2D eigenvalue weighted by molar-refractivity contribution is -0.137. The van der Waals surface area contributed by atoms with Crippen LogP contribution in [0.4, 0.5) is 35.1 Å². The highest BCUT2D eigenvalue weighted by Crippen LogP contribution is 2.33. The highest BCUT2D eigenvalue weighted by atomic mass is 19.4. The van der Waals surface area contributed by atoms with Crippen LogP contribution in [0, 0.1) is 36.0 Å². The number of nitrogens with zero attached hydrogens (tertiary/aromatic N) is 1. The van der Waals surface area contributed by atoms with Crippen molar-refractivity contribution in [2.75, 3.05) is 6.54 Å². The van der Waals surface area contributed by atoms with Gasteiger partial charge in [-0.25, -0.2) is 22.0 Å². The smallest absolute Gasteiger partial charge is 0.334 e. The Morgan fingerprint density at radius 2 is 1.40 bits per heavy atom. The van der Waals surface area contributed by atoms with E-state index in [0.717, 1.165) is 17.4 Å². The van der Waals surface area contributed by atoms with Crippen molar-refractivity contribution in [3.63, 3.8) is 0 Å². The molecule has 0 atom stereocenters. The van der Waals surface area contributed by atoms with Gasteiger partial charge in [0.1, 0.15) is 11.6 Å². The van der Waals surface area contributed by atoms with E-state index in [1.807, 2.05) is 20.8 Å². The molecule has 3 aromatic carbocycles. The van der Waals surface area contributed by atoms with E-state index in [4.69, 9.17) is 0 Å². The number of alkyl halides is 3. The van der Waals surface area contributed by atoms with Gasteiger partial charge in [-0.05, 0) is 54.0 Å². The summed E-state index contributed by atoms with van der Waals surface area (Å²) in [5.74, 6) is -9.00. The predicted octanol–water partition coefficient (Wildman–Crippen LogP) is 8.45. The first-order chi connectivity index (χ1) is 18.5. The quantitative estimate of drug-likeness (QED) is 0.158. The Balaban J connectivity index is 2.07. The largest absolute Gasteiger partial charge is 0.416 e. The second-order valence-electron chi connectivity index (χ2n) is 10.6. The molecule has 0 spiro atoms. The minimum atomic E-state index is -4.87. The molecule has 216 valence electrons. The van der Waals surface area contributed by atoms with Crippen LogP contribution in [0.25, 0.3) is 0 Å². The van der Waals surface area contributed by atoms with Crippen LogP contribution in [0.1, 0.15) is 71.4 Å². The summed E-state index contributed by atoms with van der Waals surface area (Å²) < 4.78 is 113. The highest BCUT2D eigenvalue weighted by Gasteiger charge is 2.34. The summed E-state index contributed by atoms with van der Waals surface area (Å²) in [6, 6.07) is 7.94. The van der Waals surface area contributed by atoms with Crippen LogP contribution < -0.4 is 0 Å². The van der Waals surface area contributed by atoms with Crippen LogP contribution in [0.2, 0.25) is 0 Å². The fourth-order valence-electron chi connectivity index (χ4n) is 4.29. The third kappa shape index (κ3) is 6.47. The normalized spacial score (nSPS) is 12.1. The minimum Gasteiger partial charge on any atom is -0.334 e. The van der Waals surface area contributed by atoms with Gasteiger partial charge in [0.25, 0.3) is 5.91 Å². The molecule has 40 heavy (non-hydrogen) atoms. The topological polar surface area (TPSA) is 20.3 Å². The number of benzene rings is 3. The van der Waals surface area contributed by atoms with Gasteiger partial charge in [-0.1, -0.05) is 52.0 Å². The molecule has 0 N–H and O–H groups in total. The van der Waals surface area contributed by atoms with Gasteiger partial charge >= 0.3 is 6.18 Å². The molecule has 0 aromatic heterocycles. The van der Waals surface area contributed by atoms with Gasteiger partial charge in [-0.15, -0.1) is 0 Å². The van der Waals surface area contributed by atoms with Crippen LogP contribution >= 0.6 is 0 Å². The van der Waals surface area contributed by atoms with E-state index in [0.29, 0.717) is 17.7 Å². The van der Waals surface area contributed by atoms with Crippen molar-refractivity contribution in [1.82, 2.24) is 4.90 Å². The Morgan fingerprint density at radius 1 is 0.800 bits per heavy atom. The predicted molar refractivity (Wildman–Crippen MR) is 135 cm³/mol. The number of aryl methyl sites for hydroxylation is 1. The van der Waals surface area contributed by atoms with Gasteiger partial charge in [0, 0.05) is 24.2 Å². The van der Waals surface area contributed by atoms with Crippen LogP contribution in [0.5, 0.6) is 0 Å². The first-order valence-electron chi connectivity index (χ1n) is 12.6. The average Bonchev–Trinajstić information content (AvgIpc) is 2.89. The number of hydrogen-bond acceptors (Lipinski definition) is 1. The van der Waals surface area contributed by atoms with Gasteiger partial charge < -0.3 is 4.90 Å². The van der Waals surface area contributed by atoms with E-state index in [1.165, 1.54) is 6.92 Å². The first-order valence-corrected chi connectivity index (χ1v) is 12.6. The molecule has 1 amide bonds. The summed E-state index contributed by atoms with van der Waals surface area (Å²) in [5, 5.41) is 0. The molecule has 3 rings (SSSR count). The van der Waals surface area contributed by atoms with E-state index in [9.17, 15) is 35.5 Å². The van der Waals surface area contributed by atoms with Crippen molar-refractivity contribution in [2.45, 2.75) is 65.6 Å². The second kappa shape index (κ2) is 11.6. The Hall–Kier alpha value is -3.43. The number of halogens is 8. The molecule has 0 unspecified atom stereocenters. The lowest BCUT2D eigenvalue weighted by Gasteiger charge is -2.25. The summed E-state index contributed by atoms with van der Waals surface area (Å²) in [7, 11) is 0. The summed E-state index contributed by atoms with van der Waals surface area (Å²) in [4.78, 5) is 14.4. The third-order valence-corrected chi connectivity index (χ3v) is 6.77. The maximum atomic E-state index is 15.2. The van der Waals surface area contributed by atoms with E-state index in [1.54, 1.807) is 24.3 Å². The summed E-state index contributed by atoms with van der Waals surface area (Å²) >= 11 is 0. The number of hydrogen-bond donors (Lipinski definition) is 0. The van der Waals surface area contributed by atoms with Gasteiger partial charge in [-0.2, -0.15) is 13.2 Å². The van der Waals surface area contributed by atoms with E-state index >= 15 is 4.39 Å². The van der Waals surface area contributed by atoms with Crippen molar-refractivity contribution in [2.24, 2.45) is 0 Å². The number of carbonyl (C=O) groups excluding carboxylic acids is 1. The standard InChI is InChI=1S/C30H29F8NO/c1-6-18-13-20(30(36,37)38)14-22(25(18)33)28(40)39(15-17-7-9-19(10-8-17)29(3,4)5)12-11-21-23(31)16(2)24(32)27(35)26(21)34/h7-10,13-14H,6,11-12,15H2,1-5H3. The molecule has 0 aliphatic heterocycles. The Morgan fingerprint density at radius 3 is 1.93 bits per heavy atom. The molecule has 0 heterocycles. The number of carbonyl (C=O) groups is 1. The summed E-state index contributed by atoms with van der Waals surface area (Å²) in [6.45, 7) is 7.49. The molecule has 0 bridgehead atoms. The zero-order chi connectivity index (χ0) is 30.2. The number of rotatable bonds is 7. The summed E-state index contributed by atoms with van der Waals surface area (Å²) in [6.07, 6.45) is -5.65. The average molecular weight is 572 g/mol. The fraction of sp³-hybridized carbons (Fsp3) is 0.367. The maximum Gasteiger partial charge on any atom is 0.416 e. The molecule has 0 fully saturated rings. The molecule has 10 heteroatoms. The van der Waals surface area contributed by atoms with Crippen LogP contribution in [-0.4, -0.2) is 17.4 Å². The van der Waals surface area contributed by atoms with Gasteiger partial charge in [0.05, 0.1) is 11.1 Å². The highest BCUT2D eigenvalue weighted by molar-refractivity contribution is 5.95. The molecule has 2 nitrogen and oxygen atoms in total. The lowest BCUT2D eigenvalue weighted by atomic mass is 9.87. The molecule has 0 saturated heterocycles. The van der Waals surface area contributed by atoms with Gasteiger partial charge in [0.2, 0.25) is 0 Å². The molecule has 3 aromatic rings. The molecule has 0 radical (unpaired) electrons. The van der Waals surface area contributed by atoms with Crippen LogP contribution in [0.15, 0.2) is 36.4 Å². The summed E-state index contributed by atoms with van der Waals surface area (Å²) in [5.41, 5.74) is -2.76. The van der Waals surface area contributed by atoms with Crippen molar-refractivity contribution in [3.8, 4) is 0 Å². The minimum absolute atomic E-state index is 0.130. The zero-order valence-corrected chi connectivity index (χ0v) is 22.7. The Kier molecular flexibility index (Phi) is 9.01. The van der Waals surface area contributed by atoms with Crippen LogP contribution in [-0.2, 0) is 31.0 Å². The van der Waals surface area contributed by atoms with E-state index in [2.05, 4.69) is 0 Å².